The van der Waals surface area contributed by atoms with Gasteiger partial charge in [-0.2, -0.15) is 4.98 Å². The topological polar surface area (TPSA) is 112 Å². The van der Waals surface area contributed by atoms with Crippen molar-refractivity contribution in [2.45, 2.75) is 20.0 Å². The van der Waals surface area contributed by atoms with Gasteiger partial charge in [-0.1, -0.05) is 12.1 Å². The van der Waals surface area contributed by atoms with E-state index in [-0.39, 0.29) is 18.3 Å². The lowest BCUT2D eigenvalue weighted by molar-refractivity contribution is 0.102. The van der Waals surface area contributed by atoms with E-state index in [0.29, 0.717) is 46.5 Å². The second-order valence-electron chi connectivity index (χ2n) is 6.99. The van der Waals surface area contributed by atoms with Crippen molar-refractivity contribution >= 4 is 17.4 Å². The Labute approximate surface area is 184 Å². The Morgan fingerprint density at radius 1 is 1.06 bits per heavy atom. The standard InChI is InChI=1S/C23H21N5O4/c1-3-20-26-19(27-32-20)14-31-18-10-6-16(7-11-18)23(30)25-17-8-4-15(5-9-17)21(29)22-24-12-13-28(22)2/h4-13H,3,14H2,1-2H3,(H,25,30). The minimum Gasteiger partial charge on any atom is -0.485 e. The number of benzene rings is 2. The van der Waals surface area contributed by atoms with Crippen molar-refractivity contribution in [1.29, 1.82) is 0 Å². The number of anilines is 1. The number of hydrogen-bond donors (Lipinski definition) is 1. The van der Waals surface area contributed by atoms with Gasteiger partial charge >= 0.3 is 0 Å². The minimum absolute atomic E-state index is 0.179. The molecule has 1 amide bonds. The first-order valence-electron chi connectivity index (χ1n) is 10.0. The Morgan fingerprint density at radius 3 is 2.41 bits per heavy atom. The smallest absolute Gasteiger partial charge is 0.255 e. The summed E-state index contributed by atoms with van der Waals surface area (Å²) in [5.74, 6) is 1.51. The van der Waals surface area contributed by atoms with Crippen molar-refractivity contribution in [1.82, 2.24) is 19.7 Å². The first kappa shape index (κ1) is 21.0. The molecule has 9 heteroatoms. The van der Waals surface area contributed by atoms with Crippen LogP contribution in [0.5, 0.6) is 5.75 Å². The lowest BCUT2D eigenvalue weighted by Gasteiger charge is -2.08. The average Bonchev–Trinajstić information content (AvgIpc) is 3.46. The van der Waals surface area contributed by atoms with Gasteiger partial charge in [0, 0.05) is 42.7 Å². The van der Waals surface area contributed by atoms with Crippen molar-refractivity contribution in [2.75, 3.05) is 5.32 Å². The molecule has 0 aliphatic heterocycles. The fraction of sp³-hybridized carbons (Fsp3) is 0.174. The molecule has 0 unspecified atom stereocenters. The molecule has 0 aliphatic carbocycles. The Balaban J connectivity index is 1.34. The molecule has 0 saturated heterocycles. The minimum atomic E-state index is -0.273. The molecule has 0 saturated carbocycles. The fourth-order valence-corrected chi connectivity index (χ4v) is 2.96. The summed E-state index contributed by atoms with van der Waals surface area (Å²) >= 11 is 0. The number of hydrogen-bond acceptors (Lipinski definition) is 7. The number of carbonyl (C=O) groups excluding carboxylic acids is 2. The molecule has 4 rings (SSSR count). The van der Waals surface area contributed by atoms with Crippen LogP contribution in [0, 0.1) is 0 Å². The van der Waals surface area contributed by atoms with Gasteiger partial charge in [0.1, 0.15) is 5.75 Å². The van der Waals surface area contributed by atoms with E-state index in [9.17, 15) is 9.59 Å². The number of ketones is 1. The second-order valence-corrected chi connectivity index (χ2v) is 6.99. The molecule has 0 fully saturated rings. The molecule has 0 spiro atoms. The Bertz CT molecular complexity index is 1230. The van der Waals surface area contributed by atoms with Gasteiger partial charge < -0.3 is 19.1 Å². The maximum atomic E-state index is 12.5. The zero-order valence-electron chi connectivity index (χ0n) is 17.6. The van der Waals surface area contributed by atoms with Gasteiger partial charge in [0.05, 0.1) is 0 Å². The van der Waals surface area contributed by atoms with Crippen molar-refractivity contribution in [2.24, 2.45) is 7.05 Å². The first-order chi connectivity index (χ1) is 15.5. The van der Waals surface area contributed by atoms with Crippen LogP contribution < -0.4 is 10.1 Å². The van der Waals surface area contributed by atoms with Gasteiger partial charge in [-0.3, -0.25) is 9.59 Å². The number of nitrogens with one attached hydrogen (secondary N) is 1. The van der Waals surface area contributed by atoms with Crippen molar-refractivity contribution in [3.05, 3.63) is 89.6 Å². The zero-order chi connectivity index (χ0) is 22.5. The summed E-state index contributed by atoms with van der Waals surface area (Å²) in [6.45, 7) is 2.11. The van der Waals surface area contributed by atoms with Gasteiger partial charge in [-0.05, 0) is 48.5 Å². The van der Waals surface area contributed by atoms with Gasteiger partial charge in [0.2, 0.25) is 17.5 Å². The summed E-state index contributed by atoms with van der Waals surface area (Å²) in [6.07, 6.45) is 3.96. The monoisotopic (exact) mass is 431 g/mol. The molecule has 32 heavy (non-hydrogen) atoms. The van der Waals surface area contributed by atoms with Gasteiger partial charge in [-0.25, -0.2) is 4.98 Å². The van der Waals surface area contributed by atoms with Crippen LogP contribution in [0.3, 0.4) is 0 Å². The normalized spacial score (nSPS) is 10.7. The molecule has 9 nitrogen and oxygen atoms in total. The Hall–Kier alpha value is -4.27. The number of nitrogens with zero attached hydrogens (tertiary/aromatic N) is 4. The summed E-state index contributed by atoms with van der Waals surface area (Å²) in [5.41, 5.74) is 1.54. The maximum absolute atomic E-state index is 12.5. The number of aryl methyl sites for hydroxylation is 2. The predicted molar refractivity (Wildman–Crippen MR) is 115 cm³/mol. The van der Waals surface area contributed by atoms with Crippen LogP contribution >= 0.6 is 0 Å². The number of carbonyl (C=O) groups is 2. The molecular weight excluding hydrogens is 410 g/mol. The van der Waals surface area contributed by atoms with Crippen LogP contribution in [-0.4, -0.2) is 31.4 Å². The Morgan fingerprint density at radius 2 is 1.78 bits per heavy atom. The van der Waals surface area contributed by atoms with Gasteiger partial charge in [-0.15, -0.1) is 0 Å². The Kier molecular flexibility index (Phi) is 6.07. The van der Waals surface area contributed by atoms with E-state index in [1.165, 1.54) is 0 Å². The third-order valence-electron chi connectivity index (χ3n) is 4.73. The van der Waals surface area contributed by atoms with Gasteiger partial charge in [0.15, 0.2) is 12.4 Å². The van der Waals surface area contributed by atoms with E-state index in [1.54, 1.807) is 72.5 Å². The van der Waals surface area contributed by atoms with Crippen LogP contribution in [0.25, 0.3) is 0 Å². The van der Waals surface area contributed by atoms with E-state index in [4.69, 9.17) is 9.26 Å². The highest BCUT2D eigenvalue weighted by molar-refractivity contribution is 6.07. The van der Waals surface area contributed by atoms with E-state index in [0.717, 1.165) is 0 Å². The highest BCUT2D eigenvalue weighted by Gasteiger charge is 2.14. The van der Waals surface area contributed by atoms with Crippen LogP contribution in [-0.2, 0) is 20.1 Å². The fourth-order valence-electron chi connectivity index (χ4n) is 2.96. The van der Waals surface area contributed by atoms with Crippen molar-refractivity contribution in [3.8, 4) is 5.75 Å². The number of rotatable bonds is 8. The summed E-state index contributed by atoms with van der Waals surface area (Å²) < 4.78 is 12.3. The summed E-state index contributed by atoms with van der Waals surface area (Å²) in [5, 5.41) is 6.64. The summed E-state index contributed by atoms with van der Waals surface area (Å²) in [6, 6.07) is 13.4. The molecule has 0 atom stereocenters. The lowest BCUT2D eigenvalue weighted by Crippen LogP contribution is -2.12. The number of ether oxygens (including phenoxy) is 1. The summed E-state index contributed by atoms with van der Waals surface area (Å²) in [7, 11) is 1.76. The predicted octanol–water partition coefficient (Wildman–Crippen LogP) is 3.43. The molecular formula is C23H21N5O4. The lowest BCUT2D eigenvalue weighted by atomic mass is 10.1. The molecule has 4 aromatic rings. The molecule has 1 N–H and O–H groups in total. The van der Waals surface area contributed by atoms with Crippen LogP contribution in [0.2, 0.25) is 0 Å². The third kappa shape index (κ3) is 4.72. The van der Waals surface area contributed by atoms with Crippen molar-refractivity contribution in [3.63, 3.8) is 0 Å². The third-order valence-corrected chi connectivity index (χ3v) is 4.73. The average molecular weight is 431 g/mol. The second kappa shape index (κ2) is 9.25. The quantitative estimate of drug-likeness (QED) is 0.425. The number of amides is 1. The molecule has 2 heterocycles. The molecule has 0 radical (unpaired) electrons. The molecule has 2 aromatic heterocycles. The molecule has 0 bridgehead atoms. The molecule has 2 aromatic carbocycles. The van der Waals surface area contributed by atoms with Crippen molar-refractivity contribution < 1.29 is 18.8 Å². The molecule has 0 aliphatic rings. The zero-order valence-corrected chi connectivity index (χ0v) is 17.6. The SMILES string of the molecule is CCc1nc(COc2ccc(C(=O)Nc3ccc(C(=O)c4nccn4C)cc3)cc2)no1. The van der Waals surface area contributed by atoms with Crippen LogP contribution in [0.1, 0.15) is 45.2 Å². The summed E-state index contributed by atoms with van der Waals surface area (Å²) in [4.78, 5) is 33.3. The van der Waals surface area contributed by atoms with E-state index in [2.05, 4.69) is 20.4 Å². The largest absolute Gasteiger partial charge is 0.485 e. The van der Waals surface area contributed by atoms with Crippen LogP contribution in [0.15, 0.2) is 65.4 Å². The maximum Gasteiger partial charge on any atom is 0.255 e. The number of imidazole rings is 1. The van der Waals surface area contributed by atoms with E-state index >= 15 is 0 Å². The van der Waals surface area contributed by atoms with Gasteiger partial charge in [0.25, 0.3) is 5.91 Å². The highest BCUT2D eigenvalue weighted by atomic mass is 16.5. The number of aromatic nitrogens is 4. The van der Waals surface area contributed by atoms with E-state index in [1.807, 2.05) is 6.92 Å². The van der Waals surface area contributed by atoms with Crippen LogP contribution in [0.4, 0.5) is 5.69 Å². The highest BCUT2D eigenvalue weighted by Crippen LogP contribution is 2.17. The first-order valence-corrected chi connectivity index (χ1v) is 10.0. The van der Waals surface area contributed by atoms with E-state index < -0.39 is 0 Å². The molecule has 162 valence electrons.